The van der Waals surface area contributed by atoms with E-state index in [0.29, 0.717) is 0 Å². The average molecular weight is 263 g/mol. The van der Waals surface area contributed by atoms with Crippen LogP contribution in [-0.2, 0) is 0 Å². The molecule has 0 radical (unpaired) electrons. The van der Waals surface area contributed by atoms with Gasteiger partial charge < -0.3 is 5.32 Å². The quantitative estimate of drug-likeness (QED) is 0.760. The lowest BCUT2D eigenvalue weighted by molar-refractivity contribution is 1.19. The predicted octanol–water partition coefficient (Wildman–Crippen LogP) is 3.96. The molecule has 1 heterocycles. The summed E-state index contributed by atoms with van der Waals surface area (Å²) in [6.07, 6.45) is 0. The number of nitrogens with one attached hydrogen (secondary N) is 1. The molecule has 3 nitrogen and oxygen atoms in total. The highest BCUT2D eigenvalue weighted by Gasteiger charge is 2.11. The van der Waals surface area contributed by atoms with E-state index in [1.807, 2.05) is 31.3 Å². The number of rotatable bonds is 2. The van der Waals surface area contributed by atoms with E-state index in [9.17, 15) is 0 Å². The van der Waals surface area contributed by atoms with Crippen LogP contribution in [0.4, 0.5) is 5.82 Å². The second-order valence-corrected chi connectivity index (χ2v) is 4.93. The van der Waals surface area contributed by atoms with Crippen molar-refractivity contribution in [1.82, 2.24) is 9.97 Å². The summed E-state index contributed by atoms with van der Waals surface area (Å²) in [4.78, 5) is 9.41. The zero-order valence-electron chi connectivity index (χ0n) is 11.9. The maximum Gasteiger partial charge on any atom is 0.162 e. The molecule has 0 bridgehead atoms. The van der Waals surface area contributed by atoms with Gasteiger partial charge in [-0.3, -0.25) is 0 Å². The zero-order valence-corrected chi connectivity index (χ0v) is 11.9. The van der Waals surface area contributed by atoms with Gasteiger partial charge in [0.2, 0.25) is 0 Å². The van der Waals surface area contributed by atoms with Gasteiger partial charge in [0, 0.05) is 18.0 Å². The molecule has 0 aliphatic heterocycles. The van der Waals surface area contributed by atoms with Crippen LogP contribution in [0, 0.1) is 13.8 Å². The first-order valence-electron chi connectivity index (χ1n) is 6.72. The molecule has 0 fully saturated rings. The number of nitrogens with zero attached hydrogens (tertiary/aromatic N) is 2. The van der Waals surface area contributed by atoms with Crippen LogP contribution in [0.5, 0.6) is 0 Å². The Morgan fingerprint density at radius 3 is 2.25 bits per heavy atom. The first kappa shape index (κ1) is 12.6. The predicted molar refractivity (Wildman–Crippen MR) is 84.0 cm³/mol. The second-order valence-electron chi connectivity index (χ2n) is 4.93. The Morgan fingerprint density at radius 2 is 1.55 bits per heavy atom. The van der Waals surface area contributed by atoms with Gasteiger partial charge in [-0.25, -0.2) is 9.97 Å². The summed E-state index contributed by atoms with van der Waals surface area (Å²) in [5.41, 5.74) is 4.48. The van der Waals surface area contributed by atoms with E-state index in [-0.39, 0.29) is 0 Å². The molecule has 20 heavy (non-hydrogen) atoms. The third kappa shape index (κ3) is 2.01. The van der Waals surface area contributed by atoms with Crippen LogP contribution in [0.25, 0.3) is 22.3 Å². The molecule has 1 aromatic heterocycles. The molecule has 0 saturated heterocycles. The molecule has 0 atom stereocenters. The van der Waals surface area contributed by atoms with Crippen molar-refractivity contribution in [3.05, 3.63) is 53.6 Å². The van der Waals surface area contributed by atoms with Crippen LogP contribution in [-0.4, -0.2) is 17.0 Å². The lowest BCUT2D eigenvalue weighted by Gasteiger charge is -2.11. The lowest BCUT2D eigenvalue weighted by Crippen LogP contribution is -2.00. The Balaban J connectivity index is 2.32. The van der Waals surface area contributed by atoms with Gasteiger partial charge in [0.25, 0.3) is 0 Å². The fourth-order valence-corrected chi connectivity index (χ4v) is 2.55. The summed E-state index contributed by atoms with van der Waals surface area (Å²) in [6.45, 7) is 4.19. The standard InChI is InChI=1S/C17H17N3/c1-11-7-6-8-12(2)15(11)17-19-14-10-5-4-9-13(14)16(18-3)20-17/h4-10H,1-3H3,(H,18,19,20). The Labute approximate surface area is 118 Å². The third-order valence-electron chi connectivity index (χ3n) is 3.54. The first-order chi connectivity index (χ1) is 9.70. The van der Waals surface area contributed by atoms with Crippen molar-refractivity contribution in [2.24, 2.45) is 0 Å². The fourth-order valence-electron chi connectivity index (χ4n) is 2.55. The van der Waals surface area contributed by atoms with Gasteiger partial charge in [-0.1, -0.05) is 30.3 Å². The average Bonchev–Trinajstić information content (AvgIpc) is 2.46. The molecule has 0 spiro atoms. The van der Waals surface area contributed by atoms with Crippen LogP contribution in [0.1, 0.15) is 11.1 Å². The number of hydrogen-bond acceptors (Lipinski definition) is 3. The molecule has 0 aliphatic carbocycles. The highest BCUT2D eigenvalue weighted by atomic mass is 15.0. The van der Waals surface area contributed by atoms with Crippen molar-refractivity contribution in [2.45, 2.75) is 13.8 Å². The smallest absolute Gasteiger partial charge is 0.162 e. The van der Waals surface area contributed by atoms with Gasteiger partial charge in [0.05, 0.1) is 5.52 Å². The van der Waals surface area contributed by atoms with Gasteiger partial charge >= 0.3 is 0 Å². The lowest BCUT2D eigenvalue weighted by atomic mass is 10.0. The van der Waals surface area contributed by atoms with E-state index in [1.54, 1.807) is 0 Å². The normalized spacial score (nSPS) is 10.8. The first-order valence-corrected chi connectivity index (χ1v) is 6.72. The van der Waals surface area contributed by atoms with Crippen molar-refractivity contribution in [3.8, 4) is 11.4 Å². The molecule has 0 saturated carbocycles. The molecule has 0 amide bonds. The molecule has 1 N–H and O–H groups in total. The molecular weight excluding hydrogens is 246 g/mol. The van der Waals surface area contributed by atoms with Gasteiger partial charge in [-0.05, 0) is 37.1 Å². The van der Waals surface area contributed by atoms with E-state index in [4.69, 9.17) is 4.98 Å². The summed E-state index contributed by atoms with van der Waals surface area (Å²) in [6, 6.07) is 14.3. The van der Waals surface area contributed by atoms with Crippen LogP contribution in [0.3, 0.4) is 0 Å². The number of benzene rings is 2. The summed E-state index contributed by atoms with van der Waals surface area (Å²) in [5, 5.41) is 4.21. The van der Waals surface area contributed by atoms with Crippen LogP contribution < -0.4 is 5.32 Å². The number of fused-ring (bicyclic) bond motifs is 1. The SMILES string of the molecule is CNc1nc(-c2c(C)cccc2C)nc2ccccc12. The van der Waals surface area contributed by atoms with Crippen LogP contribution in [0.2, 0.25) is 0 Å². The van der Waals surface area contributed by atoms with Gasteiger partial charge in [-0.15, -0.1) is 0 Å². The molecule has 3 heteroatoms. The zero-order chi connectivity index (χ0) is 14.1. The summed E-state index contributed by atoms with van der Waals surface area (Å²) < 4.78 is 0. The van der Waals surface area contributed by atoms with Gasteiger partial charge in [0.15, 0.2) is 5.82 Å². The highest BCUT2D eigenvalue weighted by Crippen LogP contribution is 2.28. The van der Waals surface area contributed by atoms with Crippen molar-refractivity contribution in [2.75, 3.05) is 12.4 Å². The van der Waals surface area contributed by atoms with E-state index < -0.39 is 0 Å². The number of hydrogen-bond donors (Lipinski definition) is 1. The van der Waals surface area contributed by atoms with Gasteiger partial charge in [0.1, 0.15) is 5.82 Å². The van der Waals surface area contributed by atoms with E-state index in [1.165, 1.54) is 11.1 Å². The molecule has 3 aromatic rings. The molecule has 3 rings (SSSR count). The summed E-state index contributed by atoms with van der Waals surface area (Å²) in [7, 11) is 1.89. The molecule has 2 aromatic carbocycles. The third-order valence-corrected chi connectivity index (χ3v) is 3.54. The molecule has 100 valence electrons. The number of anilines is 1. The van der Waals surface area contributed by atoms with Crippen molar-refractivity contribution in [1.29, 1.82) is 0 Å². The minimum Gasteiger partial charge on any atom is -0.373 e. The summed E-state index contributed by atoms with van der Waals surface area (Å²) >= 11 is 0. The number of para-hydroxylation sites is 1. The van der Waals surface area contributed by atoms with Gasteiger partial charge in [-0.2, -0.15) is 0 Å². The maximum atomic E-state index is 4.72. The Morgan fingerprint density at radius 1 is 0.850 bits per heavy atom. The number of aryl methyl sites for hydroxylation is 2. The molecular formula is C17H17N3. The van der Waals surface area contributed by atoms with Crippen molar-refractivity contribution < 1.29 is 0 Å². The van der Waals surface area contributed by atoms with E-state index >= 15 is 0 Å². The largest absolute Gasteiger partial charge is 0.373 e. The Hall–Kier alpha value is -2.42. The Kier molecular flexibility index (Phi) is 3.11. The van der Waals surface area contributed by atoms with Crippen LogP contribution in [0.15, 0.2) is 42.5 Å². The van der Waals surface area contributed by atoms with Crippen molar-refractivity contribution >= 4 is 16.7 Å². The van der Waals surface area contributed by atoms with E-state index in [0.717, 1.165) is 28.1 Å². The Bertz CT molecular complexity index is 758. The highest BCUT2D eigenvalue weighted by molar-refractivity contribution is 5.90. The molecule has 0 unspecified atom stereocenters. The summed E-state index contributed by atoms with van der Waals surface area (Å²) in [5.74, 6) is 1.65. The maximum absolute atomic E-state index is 4.72. The van der Waals surface area contributed by atoms with E-state index in [2.05, 4.69) is 42.3 Å². The topological polar surface area (TPSA) is 37.8 Å². The fraction of sp³-hybridized carbons (Fsp3) is 0.176. The second kappa shape index (κ2) is 4.93. The molecule has 0 aliphatic rings. The minimum atomic E-state index is 0.781. The monoisotopic (exact) mass is 263 g/mol. The van der Waals surface area contributed by atoms with Crippen LogP contribution >= 0.6 is 0 Å². The van der Waals surface area contributed by atoms with Crippen molar-refractivity contribution in [3.63, 3.8) is 0 Å². The number of aromatic nitrogens is 2. The minimum absolute atomic E-state index is 0.781.